The van der Waals surface area contributed by atoms with Crippen LogP contribution < -0.4 is 5.32 Å². The van der Waals surface area contributed by atoms with E-state index in [1.165, 1.54) is 13.8 Å². The molecule has 4 aliphatic rings. The molecule has 8 rings (SSSR count). The van der Waals surface area contributed by atoms with Crippen LogP contribution in [-0.4, -0.2) is 65.5 Å². The second-order valence-corrected chi connectivity index (χ2v) is 20.8. The molecule has 3 aliphatic heterocycles. The molecule has 420 valence electrons. The molecule has 0 radical (unpaired) electrons. The monoisotopic (exact) mass is 1110 g/mol. The van der Waals surface area contributed by atoms with Gasteiger partial charge in [0, 0.05) is 37.9 Å². The van der Waals surface area contributed by atoms with Gasteiger partial charge in [0.25, 0.3) is 0 Å². The van der Waals surface area contributed by atoms with Gasteiger partial charge in [0.15, 0.2) is 0 Å². The molecule has 9 nitrogen and oxygen atoms in total. The number of carbonyl (C=O) groups excluding carboxylic acids is 2. The number of nitriles is 2. The Morgan fingerprint density at radius 1 is 0.526 bits per heavy atom. The molecule has 4 atom stereocenters. The number of likely N-dealkylation sites (tertiary alicyclic amines) is 2. The molecular weight excluding hydrogens is 1050 g/mol. The first kappa shape index (κ1) is 59.5. The Morgan fingerprint density at radius 3 is 1.28 bits per heavy atom. The number of halogens is 12. The predicted octanol–water partition coefficient (Wildman–Crippen LogP) is 13.9. The summed E-state index contributed by atoms with van der Waals surface area (Å²) in [7, 11) is 0. The van der Waals surface area contributed by atoms with Crippen molar-refractivity contribution in [2.75, 3.05) is 32.8 Å². The number of rotatable bonds is 12. The normalized spacial score (nSPS) is 25.3. The summed E-state index contributed by atoms with van der Waals surface area (Å²) in [5, 5.41) is 23.6. The zero-order valence-electron chi connectivity index (χ0n) is 42.9. The van der Waals surface area contributed by atoms with Crippen LogP contribution in [0.15, 0.2) is 97.1 Å². The summed E-state index contributed by atoms with van der Waals surface area (Å²) in [6.45, 7) is 3.94. The van der Waals surface area contributed by atoms with Crippen molar-refractivity contribution in [1.82, 2.24) is 15.1 Å². The Kier molecular flexibility index (Phi) is 17.8. The number of carbonyl (C=O) groups is 2. The summed E-state index contributed by atoms with van der Waals surface area (Å²) < 4.78 is 173. The molecule has 78 heavy (non-hydrogen) atoms. The summed E-state index contributed by atoms with van der Waals surface area (Å²) in [5.74, 6) is -0.114. The minimum atomic E-state index is -4.96. The van der Waals surface area contributed by atoms with Crippen LogP contribution >= 0.6 is 0 Å². The van der Waals surface area contributed by atoms with Crippen LogP contribution in [0.4, 0.5) is 52.7 Å². The summed E-state index contributed by atoms with van der Waals surface area (Å²) in [5.41, 5.74) is -7.82. The Hall–Kier alpha value is -6.16. The maximum Gasteiger partial charge on any atom is 0.416 e. The number of nitrogens with zero attached hydrogens (tertiary/aromatic N) is 4. The minimum absolute atomic E-state index is 0.0330. The minimum Gasteiger partial charge on any atom is -0.373 e. The lowest BCUT2D eigenvalue weighted by Crippen LogP contribution is -2.65. The van der Waals surface area contributed by atoms with Crippen LogP contribution in [0.25, 0.3) is 0 Å². The van der Waals surface area contributed by atoms with Gasteiger partial charge in [-0.25, -0.2) is 0 Å². The van der Waals surface area contributed by atoms with Crippen LogP contribution in [-0.2, 0) is 54.7 Å². The lowest BCUT2D eigenvalue weighted by Gasteiger charge is -2.49. The molecule has 0 bridgehead atoms. The zero-order chi connectivity index (χ0) is 57.0. The van der Waals surface area contributed by atoms with Crippen LogP contribution in [0.5, 0.6) is 0 Å². The number of amides is 2. The van der Waals surface area contributed by atoms with Crippen LogP contribution in [0.3, 0.4) is 0 Å². The predicted molar refractivity (Wildman–Crippen MR) is 261 cm³/mol. The lowest BCUT2D eigenvalue weighted by molar-refractivity contribution is -0.145. The van der Waals surface area contributed by atoms with E-state index in [9.17, 15) is 72.8 Å². The highest BCUT2D eigenvalue weighted by molar-refractivity contribution is 5.79. The summed E-state index contributed by atoms with van der Waals surface area (Å²) in [6, 6.07) is 26.1. The smallest absolute Gasteiger partial charge is 0.373 e. The average Bonchev–Trinajstić information content (AvgIpc) is 3.49. The van der Waals surface area contributed by atoms with Crippen molar-refractivity contribution in [3.63, 3.8) is 0 Å². The molecule has 21 heteroatoms. The molecule has 4 fully saturated rings. The van der Waals surface area contributed by atoms with Gasteiger partial charge in [0.2, 0.25) is 11.8 Å². The third-order valence-electron chi connectivity index (χ3n) is 15.9. The van der Waals surface area contributed by atoms with Crippen molar-refractivity contribution in [3.8, 4) is 12.1 Å². The number of hydrogen-bond donors (Lipinski definition) is 1. The van der Waals surface area contributed by atoms with Gasteiger partial charge in [-0.3, -0.25) is 9.59 Å². The van der Waals surface area contributed by atoms with Gasteiger partial charge in [-0.1, -0.05) is 60.7 Å². The van der Waals surface area contributed by atoms with Crippen LogP contribution in [0.2, 0.25) is 0 Å². The molecule has 1 N–H and O–H groups in total. The third-order valence-corrected chi connectivity index (χ3v) is 15.9. The Bertz CT molecular complexity index is 2550. The maximum atomic E-state index is 13.4. The highest BCUT2D eigenvalue weighted by atomic mass is 19.4. The van der Waals surface area contributed by atoms with Crippen LogP contribution in [0.1, 0.15) is 148 Å². The molecule has 0 unspecified atom stereocenters. The molecule has 2 amide bonds. The van der Waals surface area contributed by atoms with E-state index in [4.69, 9.17) is 9.47 Å². The average molecular weight is 1110 g/mol. The second-order valence-electron chi connectivity index (χ2n) is 20.8. The van der Waals surface area contributed by atoms with Crippen LogP contribution in [0, 0.1) is 22.7 Å². The van der Waals surface area contributed by atoms with Crippen molar-refractivity contribution >= 4 is 11.8 Å². The number of benzene rings is 4. The zero-order valence-corrected chi connectivity index (χ0v) is 42.9. The fraction of sp³-hybridized carbons (Fsp3) is 0.509. The van der Waals surface area contributed by atoms with Gasteiger partial charge < -0.3 is 24.6 Å². The molecule has 1 saturated carbocycles. The van der Waals surface area contributed by atoms with Crippen molar-refractivity contribution in [2.24, 2.45) is 0 Å². The first-order valence-corrected chi connectivity index (χ1v) is 25.7. The standard InChI is InChI=1S/C29H30F6N2O2.C28H29F6N3O2/c1-20(21-15-23(28(30,31)32)17-24(16-21)29(33,34)35)39-19-26(22-7-3-2-4-8-22)10-12-27(18-36,13-11-26)37-14-6-5-9-25(37)38;1-19(20-13-22(27(29,30)31)15-23(14-20)28(32,33)34)39-18-26(21-7-3-2-4-8-21)11-10-25(16-35,17-36-26)37-12-6-5-9-24(37)38/h2-4,7-8,15-17,20H,5-6,9-14,19H2,1H3;2-4,7-8,13-15,19,36H,5-6,9-12,17-18H2,1H3/t20-,26?,27?;19-,25-,26-/m11/s1. The first-order valence-electron chi connectivity index (χ1n) is 25.7. The largest absolute Gasteiger partial charge is 0.416 e. The first-order chi connectivity index (χ1) is 36.6. The third kappa shape index (κ3) is 13.3. The fourth-order valence-electron chi connectivity index (χ4n) is 11.1. The van der Waals surface area contributed by atoms with Gasteiger partial charge in [-0.2, -0.15) is 63.2 Å². The number of hydrogen-bond acceptors (Lipinski definition) is 7. The Labute approximate surface area is 444 Å². The van der Waals surface area contributed by atoms with E-state index in [1.54, 1.807) is 9.80 Å². The van der Waals surface area contributed by atoms with E-state index >= 15 is 0 Å². The van der Waals surface area contributed by atoms with Gasteiger partial charge in [-0.15, -0.1) is 0 Å². The second kappa shape index (κ2) is 23.3. The molecular formula is C57H59F12N5O4. The molecule has 3 heterocycles. The Balaban J connectivity index is 0.000000226. The Morgan fingerprint density at radius 2 is 0.910 bits per heavy atom. The summed E-state index contributed by atoms with van der Waals surface area (Å²) in [4.78, 5) is 28.6. The topological polar surface area (TPSA) is 119 Å². The van der Waals surface area contributed by atoms with E-state index in [0.29, 0.717) is 88.7 Å². The summed E-state index contributed by atoms with van der Waals surface area (Å²) in [6.07, 6.45) is -15.6. The fourth-order valence-corrected chi connectivity index (χ4v) is 11.1. The molecule has 3 saturated heterocycles. The molecule has 4 aromatic carbocycles. The lowest BCUT2D eigenvalue weighted by atomic mass is 9.64. The number of ether oxygens (including phenoxy) is 2. The summed E-state index contributed by atoms with van der Waals surface area (Å²) >= 11 is 0. The number of nitrogens with one attached hydrogen (secondary N) is 1. The van der Waals surface area contributed by atoms with E-state index in [0.717, 1.165) is 36.8 Å². The molecule has 4 aromatic rings. The SMILES string of the molecule is C[C@@H](OCC1(c2ccccc2)CCC(C#N)(N2CCCCC2=O)CC1)c1cc(C(F)(F)F)cc(C(F)(F)F)c1.C[C@@H](OC[C@@]1(c2ccccc2)CC[C@](C#N)(N2CCCCC2=O)CN1)c1cc(C(F)(F)F)cc(C(F)(F)F)c1. The highest BCUT2D eigenvalue weighted by Crippen LogP contribution is 2.48. The molecule has 1 aliphatic carbocycles. The van der Waals surface area contributed by atoms with E-state index < -0.39 is 81.2 Å². The van der Waals surface area contributed by atoms with E-state index in [-0.39, 0.29) is 54.8 Å². The maximum absolute atomic E-state index is 13.4. The number of alkyl halides is 12. The van der Waals surface area contributed by atoms with Gasteiger partial charge in [0.05, 0.1) is 65.4 Å². The number of piperidine rings is 3. The van der Waals surface area contributed by atoms with Gasteiger partial charge in [-0.05, 0) is 137 Å². The molecule has 0 aromatic heterocycles. The van der Waals surface area contributed by atoms with Gasteiger partial charge in [0.1, 0.15) is 11.1 Å². The van der Waals surface area contributed by atoms with Crippen molar-refractivity contribution < 1.29 is 71.7 Å². The van der Waals surface area contributed by atoms with Crippen molar-refractivity contribution in [3.05, 3.63) is 142 Å². The van der Waals surface area contributed by atoms with Crippen molar-refractivity contribution in [2.45, 2.75) is 150 Å². The van der Waals surface area contributed by atoms with Crippen molar-refractivity contribution in [1.29, 1.82) is 10.5 Å². The quantitative estimate of drug-likeness (QED) is 0.140. The van der Waals surface area contributed by atoms with E-state index in [2.05, 4.69) is 17.5 Å². The van der Waals surface area contributed by atoms with E-state index in [1.807, 2.05) is 60.7 Å². The van der Waals surface area contributed by atoms with Gasteiger partial charge >= 0.3 is 24.7 Å². The highest BCUT2D eigenvalue weighted by Gasteiger charge is 2.51. The molecule has 0 spiro atoms.